The highest BCUT2D eigenvalue weighted by atomic mass is 19.1. The van der Waals surface area contributed by atoms with Gasteiger partial charge in [-0.15, -0.1) is 0 Å². The summed E-state index contributed by atoms with van der Waals surface area (Å²) in [4.78, 5) is 2.43. The van der Waals surface area contributed by atoms with Crippen molar-refractivity contribution in [2.45, 2.75) is 38.8 Å². The highest BCUT2D eigenvalue weighted by molar-refractivity contribution is 5.17. The average Bonchev–Trinajstić information content (AvgIpc) is 2.37. The third-order valence-corrected chi connectivity index (χ3v) is 4.39. The molecular weight excluding hydrogens is 227 g/mol. The molecular formula is C15H23FN2. The highest BCUT2D eigenvalue weighted by Gasteiger charge is 2.29. The molecule has 2 rings (SSSR count). The fourth-order valence-corrected chi connectivity index (χ4v) is 2.75. The Hall–Kier alpha value is -0.930. The first-order valence-corrected chi connectivity index (χ1v) is 6.82. The van der Waals surface area contributed by atoms with Crippen LogP contribution in [-0.4, -0.2) is 30.1 Å². The second kappa shape index (κ2) is 5.81. The summed E-state index contributed by atoms with van der Waals surface area (Å²) in [7, 11) is 0. The summed E-state index contributed by atoms with van der Waals surface area (Å²) in [5, 5.41) is 0. The van der Waals surface area contributed by atoms with Gasteiger partial charge in [0.15, 0.2) is 0 Å². The molecule has 3 atom stereocenters. The molecule has 1 aliphatic rings. The van der Waals surface area contributed by atoms with Crippen LogP contribution in [0.1, 0.15) is 25.8 Å². The van der Waals surface area contributed by atoms with Crippen molar-refractivity contribution < 1.29 is 4.39 Å². The molecule has 0 amide bonds. The predicted octanol–water partition coefficient (Wildman–Crippen LogP) is 2.43. The SMILES string of the molecule is CC1C(N)CCN(CCc2ccccc2F)C1C. The van der Waals surface area contributed by atoms with Crippen LogP contribution in [0.4, 0.5) is 4.39 Å². The summed E-state index contributed by atoms with van der Waals surface area (Å²) in [6.07, 6.45) is 1.82. The highest BCUT2D eigenvalue weighted by Crippen LogP contribution is 2.22. The van der Waals surface area contributed by atoms with E-state index in [-0.39, 0.29) is 5.82 Å². The molecule has 18 heavy (non-hydrogen) atoms. The maximum absolute atomic E-state index is 13.5. The number of benzene rings is 1. The first kappa shape index (κ1) is 13.5. The number of nitrogens with two attached hydrogens (primary N) is 1. The maximum Gasteiger partial charge on any atom is 0.126 e. The topological polar surface area (TPSA) is 29.3 Å². The summed E-state index contributed by atoms with van der Waals surface area (Å²) >= 11 is 0. The van der Waals surface area contributed by atoms with Crippen molar-refractivity contribution >= 4 is 0 Å². The van der Waals surface area contributed by atoms with Crippen LogP contribution < -0.4 is 5.73 Å². The molecule has 1 aromatic rings. The lowest BCUT2D eigenvalue weighted by molar-refractivity contribution is 0.0990. The Bertz CT molecular complexity index is 394. The minimum atomic E-state index is -0.0908. The summed E-state index contributed by atoms with van der Waals surface area (Å²) in [5.74, 6) is 0.422. The minimum Gasteiger partial charge on any atom is -0.327 e. The van der Waals surface area contributed by atoms with Gasteiger partial charge in [-0.1, -0.05) is 25.1 Å². The van der Waals surface area contributed by atoms with E-state index in [2.05, 4.69) is 18.7 Å². The number of piperidine rings is 1. The average molecular weight is 250 g/mol. The Morgan fingerprint density at radius 3 is 2.78 bits per heavy atom. The van der Waals surface area contributed by atoms with Crippen molar-refractivity contribution in [1.82, 2.24) is 4.90 Å². The van der Waals surface area contributed by atoms with E-state index >= 15 is 0 Å². The Morgan fingerprint density at radius 2 is 2.06 bits per heavy atom. The molecule has 0 radical (unpaired) electrons. The van der Waals surface area contributed by atoms with Gasteiger partial charge >= 0.3 is 0 Å². The van der Waals surface area contributed by atoms with Crippen LogP contribution in [0.5, 0.6) is 0 Å². The minimum absolute atomic E-state index is 0.0908. The number of nitrogens with zero attached hydrogens (tertiary/aromatic N) is 1. The van der Waals surface area contributed by atoms with Gasteiger partial charge in [-0.3, -0.25) is 4.90 Å². The number of hydrogen-bond acceptors (Lipinski definition) is 2. The molecule has 0 aliphatic carbocycles. The van der Waals surface area contributed by atoms with Crippen LogP contribution in [-0.2, 0) is 6.42 Å². The van der Waals surface area contributed by atoms with Gasteiger partial charge in [0, 0.05) is 18.6 Å². The zero-order chi connectivity index (χ0) is 13.1. The molecule has 0 aromatic heterocycles. The van der Waals surface area contributed by atoms with Crippen molar-refractivity contribution in [2.75, 3.05) is 13.1 Å². The lowest BCUT2D eigenvalue weighted by Gasteiger charge is -2.41. The Kier molecular flexibility index (Phi) is 4.36. The lowest BCUT2D eigenvalue weighted by atomic mass is 9.87. The second-order valence-electron chi connectivity index (χ2n) is 5.43. The predicted molar refractivity (Wildman–Crippen MR) is 72.9 cm³/mol. The molecule has 0 saturated carbocycles. The molecule has 3 heteroatoms. The molecule has 1 aliphatic heterocycles. The van der Waals surface area contributed by atoms with E-state index < -0.39 is 0 Å². The zero-order valence-electron chi connectivity index (χ0n) is 11.3. The van der Waals surface area contributed by atoms with E-state index in [9.17, 15) is 4.39 Å². The van der Waals surface area contributed by atoms with Crippen LogP contribution >= 0.6 is 0 Å². The summed E-state index contributed by atoms with van der Waals surface area (Å²) in [6, 6.07) is 7.84. The van der Waals surface area contributed by atoms with E-state index in [1.165, 1.54) is 6.07 Å². The van der Waals surface area contributed by atoms with E-state index in [0.717, 1.165) is 31.5 Å². The number of hydrogen-bond donors (Lipinski definition) is 1. The van der Waals surface area contributed by atoms with Crippen molar-refractivity contribution in [2.24, 2.45) is 11.7 Å². The van der Waals surface area contributed by atoms with Crippen LogP contribution in [0.25, 0.3) is 0 Å². The Balaban J connectivity index is 1.93. The largest absolute Gasteiger partial charge is 0.327 e. The standard InChI is InChI=1S/C15H23FN2/c1-11-12(2)18(10-8-15(11)17)9-7-13-5-3-4-6-14(13)16/h3-6,11-12,15H,7-10,17H2,1-2H3. The Labute approximate surface area is 109 Å². The van der Waals surface area contributed by atoms with Crippen LogP contribution in [0.2, 0.25) is 0 Å². The van der Waals surface area contributed by atoms with Gasteiger partial charge in [-0.25, -0.2) is 4.39 Å². The third kappa shape index (κ3) is 2.90. The Morgan fingerprint density at radius 1 is 1.33 bits per heavy atom. The van der Waals surface area contributed by atoms with Crippen LogP contribution in [0.15, 0.2) is 24.3 Å². The molecule has 1 fully saturated rings. The molecule has 1 saturated heterocycles. The zero-order valence-corrected chi connectivity index (χ0v) is 11.3. The van der Waals surface area contributed by atoms with Gasteiger partial charge in [0.2, 0.25) is 0 Å². The van der Waals surface area contributed by atoms with E-state index in [0.29, 0.717) is 18.0 Å². The van der Waals surface area contributed by atoms with Crippen LogP contribution in [0, 0.1) is 11.7 Å². The normalized spacial score (nSPS) is 29.4. The fraction of sp³-hybridized carbons (Fsp3) is 0.600. The second-order valence-corrected chi connectivity index (χ2v) is 5.43. The molecule has 3 unspecified atom stereocenters. The van der Waals surface area contributed by atoms with Gasteiger partial charge < -0.3 is 5.73 Å². The van der Waals surface area contributed by atoms with Gasteiger partial charge in [-0.05, 0) is 43.9 Å². The maximum atomic E-state index is 13.5. The third-order valence-electron chi connectivity index (χ3n) is 4.39. The molecule has 2 N–H and O–H groups in total. The lowest BCUT2D eigenvalue weighted by Crippen LogP contribution is -2.52. The van der Waals surface area contributed by atoms with E-state index in [1.807, 2.05) is 12.1 Å². The first-order chi connectivity index (χ1) is 8.59. The van der Waals surface area contributed by atoms with Crippen molar-refractivity contribution in [3.8, 4) is 0 Å². The van der Waals surface area contributed by atoms with Gasteiger partial charge in [0.1, 0.15) is 5.82 Å². The summed E-state index contributed by atoms with van der Waals surface area (Å²) in [6.45, 7) is 6.38. The monoisotopic (exact) mass is 250 g/mol. The number of halogens is 1. The van der Waals surface area contributed by atoms with Gasteiger partial charge in [-0.2, -0.15) is 0 Å². The molecule has 1 heterocycles. The summed E-state index contributed by atoms with van der Waals surface area (Å²) in [5.41, 5.74) is 6.89. The van der Waals surface area contributed by atoms with Gasteiger partial charge in [0.05, 0.1) is 0 Å². The van der Waals surface area contributed by atoms with Crippen molar-refractivity contribution in [3.05, 3.63) is 35.6 Å². The van der Waals surface area contributed by atoms with E-state index in [1.54, 1.807) is 6.07 Å². The fourth-order valence-electron chi connectivity index (χ4n) is 2.75. The van der Waals surface area contributed by atoms with Gasteiger partial charge in [0.25, 0.3) is 0 Å². The van der Waals surface area contributed by atoms with Crippen LogP contribution in [0.3, 0.4) is 0 Å². The molecule has 1 aromatic carbocycles. The number of likely N-dealkylation sites (tertiary alicyclic amines) is 1. The van der Waals surface area contributed by atoms with E-state index in [4.69, 9.17) is 5.73 Å². The summed E-state index contributed by atoms with van der Waals surface area (Å²) < 4.78 is 13.5. The van der Waals surface area contributed by atoms with Crippen molar-refractivity contribution in [1.29, 1.82) is 0 Å². The number of rotatable bonds is 3. The smallest absolute Gasteiger partial charge is 0.126 e. The molecule has 2 nitrogen and oxygen atoms in total. The molecule has 0 bridgehead atoms. The molecule has 0 spiro atoms. The molecule has 100 valence electrons. The van der Waals surface area contributed by atoms with Crippen molar-refractivity contribution in [3.63, 3.8) is 0 Å². The first-order valence-electron chi connectivity index (χ1n) is 6.82. The quantitative estimate of drug-likeness (QED) is 0.892.